The summed E-state index contributed by atoms with van der Waals surface area (Å²) in [5, 5.41) is 0. The van der Waals surface area contributed by atoms with E-state index in [-0.39, 0.29) is 12.2 Å². The second-order valence-corrected chi connectivity index (χ2v) is 4.88. The third-order valence-electron chi connectivity index (χ3n) is 2.76. The first kappa shape index (κ1) is 16.9. The Morgan fingerprint density at radius 2 is 1.83 bits per heavy atom. The number of ether oxygens (including phenoxy) is 4. The van der Waals surface area contributed by atoms with Gasteiger partial charge in [0.15, 0.2) is 5.82 Å². The van der Waals surface area contributed by atoms with E-state index in [1.54, 1.807) is 12.1 Å². The number of hydrogen-bond acceptors (Lipinski definition) is 8. The molecule has 0 radical (unpaired) electrons. The molecule has 0 aromatic carbocycles. The van der Waals surface area contributed by atoms with Crippen LogP contribution in [0.3, 0.4) is 0 Å². The fourth-order valence-electron chi connectivity index (χ4n) is 1.69. The predicted octanol–water partition coefficient (Wildman–Crippen LogP) is 2.02. The Kier molecular flexibility index (Phi) is 5.69. The smallest absolute Gasteiger partial charge is 0.344 e. The van der Waals surface area contributed by atoms with E-state index in [9.17, 15) is 4.79 Å². The molecule has 0 bridgehead atoms. The van der Waals surface area contributed by atoms with E-state index in [2.05, 4.69) is 30.9 Å². The molecular formula is C14H14BrN3O5. The first-order valence-corrected chi connectivity index (χ1v) is 7.20. The van der Waals surface area contributed by atoms with Gasteiger partial charge in [-0.05, 0) is 22.0 Å². The van der Waals surface area contributed by atoms with Gasteiger partial charge in [-0.15, -0.1) is 0 Å². The lowest BCUT2D eigenvalue weighted by Crippen LogP contribution is -2.09. The molecule has 0 aliphatic rings. The number of halogens is 1. The van der Waals surface area contributed by atoms with Gasteiger partial charge in [0.1, 0.15) is 22.5 Å². The van der Waals surface area contributed by atoms with E-state index in [0.717, 1.165) is 0 Å². The second-order valence-electron chi connectivity index (χ2n) is 4.12. The molecule has 0 saturated heterocycles. The summed E-state index contributed by atoms with van der Waals surface area (Å²) in [7, 11) is 4.26. The van der Waals surface area contributed by atoms with E-state index in [1.165, 1.54) is 27.5 Å². The lowest BCUT2D eigenvalue weighted by atomic mass is 10.2. The number of hydrogen-bond donors (Lipinski definition) is 0. The molecule has 122 valence electrons. The van der Waals surface area contributed by atoms with Crippen LogP contribution in [-0.4, -0.2) is 42.3 Å². The summed E-state index contributed by atoms with van der Waals surface area (Å²) in [6, 6.07) is 3.10. The van der Waals surface area contributed by atoms with E-state index < -0.39 is 5.97 Å². The number of pyridine rings is 1. The fraction of sp³-hybridized carbons (Fsp3) is 0.286. The number of carbonyl (C=O) groups is 1. The van der Waals surface area contributed by atoms with E-state index in [4.69, 9.17) is 18.9 Å². The summed E-state index contributed by atoms with van der Waals surface area (Å²) in [6.45, 7) is 0.00794. The summed E-state index contributed by atoms with van der Waals surface area (Å²) in [5.41, 5.74) is 0.185. The number of aromatic nitrogens is 3. The highest BCUT2D eigenvalue weighted by atomic mass is 79.9. The van der Waals surface area contributed by atoms with E-state index in [0.29, 0.717) is 27.9 Å². The Labute approximate surface area is 140 Å². The van der Waals surface area contributed by atoms with Crippen LogP contribution in [0.2, 0.25) is 0 Å². The van der Waals surface area contributed by atoms with Crippen molar-refractivity contribution in [3.8, 4) is 17.5 Å². The Morgan fingerprint density at radius 1 is 1.17 bits per heavy atom. The standard InChI is InChI=1S/C14H14BrN3O5/c1-20-10-6-11(21-2)18-9(17-10)7-23-8-4-5-16-13(15)12(8)14(19)22-3/h4-6H,7H2,1-3H3. The van der Waals surface area contributed by atoms with Crippen LogP contribution in [0.25, 0.3) is 0 Å². The highest BCUT2D eigenvalue weighted by Crippen LogP contribution is 2.26. The maximum atomic E-state index is 11.8. The van der Waals surface area contributed by atoms with Gasteiger partial charge in [-0.25, -0.2) is 9.78 Å². The van der Waals surface area contributed by atoms with Gasteiger partial charge in [0.2, 0.25) is 11.8 Å². The lowest BCUT2D eigenvalue weighted by Gasteiger charge is -2.11. The van der Waals surface area contributed by atoms with Crippen molar-refractivity contribution in [3.63, 3.8) is 0 Å². The van der Waals surface area contributed by atoms with Crippen LogP contribution >= 0.6 is 15.9 Å². The zero-order chi connectivity index (χ0) is 16.8. The molecule has 0 fully saturated rings. The molecule has 0 atom stereocenters. The zero-order valence-electron chi connectivity index (χ0n) is 12.7. The minimum absolute atomic E-state index is 0.00794. The first-order valence-electron chi connectivity index (χ1n) is 6.40. The summed E-state index contributed by atoms with van der Waals surface area (Å²) < 4.78 is 20.8. The molecule has 0 amide bonds. The van der Waals surface area contributed by atoms with Crippen molar-refractivity contribution in [2.45, 2.75) is 6.61 Å². The molecule has 8 nitrogen and oxygen atoms in total. The van der Waals surface area contributed by atoms with Gasteiger partial charge in [-0.1, -0.05) is 0 Å². The molecule has 0 aliphatic heterocycles. The normalized spacial score (nSPS) is 10.1. The van der Waals surface area contributed by atoms with Crippen molar-refractivity contribution >= 4 is 21.9 Å². The van der Waals surface area contributed by atoms with Gasteiger partial charge in [-0.2, -0.15) is 9.97 Å². The molecule has 0 spiro atoms. The van der Waals surface area contributed by atoms with Crippen LogP contribution < -0.4 is 14.2 Å². The molecule has 9 heteroatoms. The van der Waals surface area contributed by atoms with Gasteiger partial charge >= 0.3 is 5.97 Å². The average molecular weight is 384 g/mol. The fourth-order valence-corrected chi connectivity index (χ4v) is 2.17. The molecule has 0 unspecified atom stereocenters. The summed E-state index contributed by atoms with van der Waals surface area (Å²) >= 11 is 3.20. The van der Waals surface area contributed by atoms with Crippen LogP contribution in [0.5, 0.6) is 17.5 Å². The van der Waals surface area contributed by atoms with Crippen molar-refractivity contribution in [2.75, 3.05) is 21.3 Å². The SMILES string of the molecule is COC(=O)c1c(OCc2nc(OC)cc(OC)n2)ccnc1Br. The minimum atomic E-state index is -0.566. The van der Waals surface area contributed by atoms with Crippen molar-refractivity contribution < 1.29 is 23.7 Å². The number of rotatable bonds is 6. The largest absolute Gasteiger partial charge is 0.485 e. The van der Waals surface area contributed by atoms with Gasteiger partial charge < -0.3 is 18.9 Å². The Balaban J connectivity index is 2.25. The van der Waals surface area contributed by atoms with Gasteiger partial charge in [0.25, 0.3) is 0 Å². The molecule has 0 aliphatic carbocycles. The molecular weight excluding hydrogens is 370 g/mol. The van der Waals surface area contributed by atoms with Crippen molar-refractivity contribution in [3.05, 3.63) is 34.3 Å². The highest BCUT2D eigenvalue weighted by Gasteiger charge is 2.18. The number of methoxy groups -OCH3 is 3. The topological polar surface area (TPSA) is 92.7 Å². The summed E-state index contributed by atoms with van der Waals surface area (Å²) in [6.07, 6.45) is 1.50. The molecule has 2 heterocycles. The number of nitrogens with zero attached hydrogens (tertiary/aromatic N) is 3. The van der Waals surface area contributed by atoms with Gasteiger partial charge in [0.05, 0.1) is 27.4 Å². The number of carbonyl (C=O) groups excluding carboxylic acids is 1. The Bertz CT molecular complexity index is 689. The van der Waals surface area contributed by atoms with Gasteiger partial charge in [-0.3, -0.25) is 0 Å². The third-order valence-corrected chi connectivity index (χ3v) is 3.36. The van der Waals surface area contributed by atoms with E-state index in [1.807, 2.05) is 0 Å². The molecule has 2 aromatic heterocycles. The Hall–Kier alpha value is -2.42. The third kappa shape index (κ3) is 4.07. The molecule has 23 heavy (non-hydrogen) atoms. The molecule has 0 N–H and O–H groups in total. The first-order chi connectivity index (χ1) is 11.1. The van der Waals surface area contributed by atoms with Crippen molar-refractivity contribution in [1.82, 2.24) is 15.0 Å². The molecule has 2 aromatic rings. The second kappa shape index (κ2) is 7.73. The van der Waals surface area contributed by atoms with E-state index >= 15 is 0 Å². The highest BCUT2D eigenvalue weighted by molar-refractivity contribution is 9.10. The maximum Gasteiger partial charge on any atom is 0.344 e. The van der Waals surface area contributed by atoms with Crippen LogP contribution in [0, 0.1) is 0 Å². The lowest BCUT2D eigenvalue weighted by molar-refractivity contribution is 0.0593. The van der Waals surface area contributed by atoms with Gasteiger partial charge in [0, 0.05) is 6.20 Å². The van der Waals surface area contributed by atoms with Crippen molar-refractivity contribution in [2.24, 2.45) is 0 Å². The van der Waals surface area contributed by atoms with Crippen LogP contribution in [0.15, 0.2) is 22.9 Å². The summed E-state index contributed by atoms with van der Waals surface area (Å²) in [5.74, 6) is 0.761. The molecule has 0 saturated carbocycles. The quantitative estimate of drug-likeness (QED) is 0.552. The maximum absolute atomic E-state index is 11.8. The van der Waals surface area contributed by atoms with Crippen LogP contribution in [-0.2, 0) is 11.3 Å². The predicted molar refractivity (Wildman–Crippen MR) is 82.7 cm³/mol. The van der Waals surface area contributed by atoms with Crippen molar-refractivity contribution in [1.29, 1.82) is 0 Å². The monoisotopic (exact) mass is 383 g/mol. The van der Waals surface area contributed by atoms with Crippen LogP contribution in [0.1, 0.15) is 16.2 Å². The van der Waals surface area contributed by atoms with Crippen LogP contribution in [0.4, 0.5) is 0 Å². The number of esters is 1. The zero-order valence-corrected chi connectivity index (χ0v) is 14.3. The Morgan fingerprint density at radius 3 is 2.39 bits per heavy atom. The minimum Gasteiger partial charge on any atom is -0.485 e. The summed E-state index contributed by atoms with van der Waals surface area (Å²) in [4.78, 5) is 24.1. The average Bonchev–Trinajstić information content (AvgIpc) is 2.58. The molecule has 2 rings (SSSR count).